The average molecular weight is 403 g/mol. The van der Waals surface area contributed by atoms with Gasteiger partial charge in [0.15, 0.2) is 5.96 Å². The first-order chi connectivity index (χ1) is 13.9. The Balaban J connectivity index is 1.82. The number of amides is 1. The predicted octanol–water partition coefficient (Wildman–Crippen LogP) is 3.08. The molecule has 6 nitrogen and oxygen atoms in total. The summed E-state index contributed by atoms with van der Waals surface area (Å²) in [7, 11) is 0. The van der Waals surface area contributed by atoms with Gasteiger partial charge in [0, 0.05) is 38.1 Å². The Labute approximate surface area is 176 Å². The Bertz CT molecular complexity index is 655. The van der Waals surface area contributed by atoms with Crippen LogP contribution in [0.5, 0.6) is 5.75 Å². The van der Waals surface area contributed by atoms with Gasteiger partial charge in [-0.15, -0.1) is 0 Å². The number of likely N-dealkylation sites (tertiary alicyclic amines) is 1. The molecule has 2 N–H and O–H groups in total. The van der Waals surface area contributed by atoms with Gasteiger partial charge in [-0.05, 0) is 43.4 Å². The van der Waals surface area contributed by atoms with Crippen molar-refractivity contribution in [3.8, 4) is 5.75 Å². The standard InChI is InChI=1S/C23H38N4O2/c1-6-24-23(26-20-12-14-27(15-20)22(28)18(4)5)25-13-11-19-7-9-21(10-8-19)29-16-17(2)3/h7-10,17-18,20H,6,11-16H2,1-5H3,(H2,24,25,26). The van der Waals surface area contributed by atoms with Crippen molar-refractivity contribution in [2.45, 2.75) is 53.5 Å². The molecule has 29 heavy (non-hydrogen) atoms. The number of hydrogen-bond donors (Lipinski definition) is 2. The molecule has 162 valence electrons. The van der Waals surface area contributed by atoms with E-state index >= 15 is 0 Å². The highest BCUT2D eigenvalue weighted by molar-refractivity contribution is 5.81. The summed E-state index contributed by atoms with van der Waals surface area (Å²) in [6.45, 7) is 14.1. The third-order valence-electron chi connectivity index (χ3n) is 4.86. The highest BCUT2D eigenvalue weighted by Gasteiger charge is 2.27. The molecule has 1 heterocycles. The van der Waals surface area contributed by atoms with Gasteiger partial charge in [0.1, 0.15) is 5.75 Å². The largest absolute Gasteiger partial charge is 0.493 e. The van der Waals surface area contributed by atoms with Crippen molar-refractivity contribution in [2.75, 3.05) is 32.8 Å². The van der Waals surface area contributed by atoms with E-state index in [1.165, 1.54) is 5.56 Å². The highest BCUT2D eigenvalue weighted by Crippen LogP contribution is 2.14. The number of nitrogens with zero attached hydrogens (tertiary/aromatic N) is 2. The second kappa shape index (κ2) is 11.7. The molecule has 1 fully saturated rings. The highest BCUT2D eigenvalue weighted by atomic mass is 16.5. The molecule has 1 aliphatic rings. The molecular formula is C23H38N4O2. The summed E-state index contributed by atoms with van der Waals surface area (Å²) in [4.78, 5) is 18.8. The lowest BCUT2D eigenvalue weighted by Crippen LogP contribution is -2.45. The molecule has 1 aromatic carbocycles. The van der Waals surface area contributed by atoms with Crippen LogP contribution in [0.2, 0.25) is 0 Å². The SMILES string of the molecule is CCNC(=NCCc1ccc(OCC(C)C)cc1)NC1CCN(C(=O)C(C)C)C1. The summed E-state index contributed by atoms with van der Waals surface area (Å²) in [5.74, 6) is 2.56. The van der Waals surface area contributed by atoms with Crippen LogP contribution in [0, 0.1) is 11.8 Å². The Hall–Kier alpha value is -2.24. The fourth-order valence-electron chi connectivity index (χ4n) is 3.27. The Morgan fingerprint density at radius 3 is 2.59 bits per heavy atom. The van der Waals surface area contributed by atoms with Crippen molar-refractivity contribution in [1.82, 2.24) is 15.5 Å². The smallest absolute Gasteiger partial charge is 0.225 e. The number of carbonyl (C=O) groups is 1. The van der Waals surface area contributed by atoms with Crippen LogP contribution in [-0.2, 0) is 11.2 Å². The molecular weight excluding hydrogens is 364 g/mol. The van der Waals surface area contributed by atoms with E-state index in [4.69, 9.17) is 9.73 Å². The number of carbonyl (C=O) groups excluding carboxylic acids is 1. The lowest BCUT2D eigenvalue weighted by atomic mass is 10.1. The van der Waals surface area contributed by atoms with E-state index in [-0.39, 0.29) is 17.9 Å². The monoisotopic (exact) mass is 402 g/mol. The van der Waals surface area contributed by atoms with Crippen LogP contribution in [0.25, 0.3) is 0 Å². The second-order valence-corrected chi connectivity index (χ2v) is 8.43. The molecule has 0 radical (unpaired) electrons. The first kappa shape index (κ1) is 23.0. The minimum absolute atomic E-state index is 0.0535. The molecule has 1 atom stereocenters. The molecule has 0 spiro atoms. The summed E-state index contributed by atoms with van der Waals surface area (Å²) in [6, 6.07) is 8.54. The molecule has 0 aliphatic carbocycles. The van der Waals surface area contributed by atoms with E-state index in [9.17, 15) is 4.79 Å². The van der Waals surface area contributed by atoms with E-state index < -0.39 is 0 Å². The zero-order valence-electron chi connectivity index (χ0n) is 18.7. The second-order valence-electron chi connectivity index (χ2n) is 8.43. The molecule has 6 heteroatoms. The summed E-state index contributed by atoms with van der Waals surface area (Å²) in [6.07, 6.45) is 1.84. The fraction of sp³-hybridized carbons (Fsp3) is 0.652. The van der Waals surface area contributed by atoms with Gasteiger partial charge in [-0.1, -0.05) is 39.8 Å². The number of hydrogen-bond acceptors (Lipinski definition) is 3. The summed E-state index contributed by atoms with van der Waals surface area (Å²) >= 11 is 0. The predicted molar refractivity (Wildman–Crippen MR) is 119 cm³/mol. The van der Waals surface area contributed by atoms with Crippen LogP contribution < -0.4 is 15.4 Å². The zero-order chi connectivity index (χ0) is 21.2. The molecule has 0 saturated carbocycles. The lowest BCUT2D eigenvalue weighted by Gasteiger charge is -2.20. The minimum atomic E-state index is 0.0535. The van der Waals surface area contributed by atoms with E-state index in [0.717, 1.165) is 50.8 Å². The topological polar surface area (TPSA) is 66.0 Å². The molecule has 0 aromatic heterocycles. The van der Waals surface area contributed by atoms with Crippen LogP contribution in [0.1, 0.15) is 46.6 Å². The molecule has 0 bridgehead atoms. The first-order valence-electron chi connectivity index (χ1n) is 10.9. The van der Waals surface area contributed by atoms with Gasteiger partial charge >= 0.3 is 0 Å². The molecule has 1 saturated heterocycles. The van der Waals surface area contributed by atoms with Crippen molar-refractivity contribution >= 4 is 11.9 Å². The maximum Gasteiger partial charge on any atom is 0.225 e. The van der Waals surface area contributed by atoms with Gasteiger partial charge in [-0.25, -0.2) is 0 Å². The number of ether oxygens (including phenoxy) is 1. The third-order valence-corrected chi connectivity index (χ3v) is 4.86. The van der Waals surface area contributed by atoms with E-state index in [2.05, 4.69) is 43.5 Å². The van der Waals surface area contributed by atoms with Crippen molar-refractivity contribution in [1.29, 1.82) is 0 Å². The van der Waals surface area contributed by atoms with Crippen molar-refractivity contribution in [3.63, 3.8) is 0 Å². The maximum absolute atomic E-state index is 12.2. The molecule has 1 aliphatic heterocycles. The van der Waals surface area contributed by atoms with Crippen LogP contribution in [0.3, 0.4) is 0 Å². The Kier molecular flexibility index (Phi) is 9.29. The summed E-state index contributed by atoms with van der Waals surface area (Å²) in [5.41, 5.74) is 1.25. The van der Waals surface area contributed by atoms with Gasteiger partial charge in [-0.3, -0.25) is 9.79 Å². The summed E-state index contributed by atoms with van der Waals surface area (Å²) < 4.78 is 5.74. The molecule has 1 unspecified atom stereocenters. The van der Waals surface area contributed by atoms with Crippen molar-refractivity contribution in [2.24, 2.45) is 16.8 Å². The van der Waals surface area contributed by atoms with Gasteiger partial charge in [0.25, 0.3) is 0 Å². The van der Waals surface area contributed by atoms with Crippen LogP contribution in [0.15, 0.2) is 29.3 Å². The average Bonchev–Trinajstić information content (AvgIpc) is 3.15. The number of rotatable bonds is 9. The number of aliphatic imine (C=N–C) groups is 1. The molecule has 1 amide bonds. The maximum atomic E-state index is 12.2. The van der Waals surface area contributed by atoms with Gasteiger partial charge in [-0.2, -0.15) is 0 Å². The van der Waals surface area contributed by atoms with Gasteiger partial charge < -0.3 is 20.3 Å². The van der Waals surface area contributed by atoms with Gasteiger partial charge in [0.2, 0.25) is 5.91 Å². The van der Waals surface area contributed by atoms with E-state index in [1.54, 1.807) is 0 Å². The van der Waals surface area contributed by atoms with E-state index in [1.807, 2.05) is 30.9 Å². The number of nitrogens with one attached hydrogen (secondary N) is 2. The normalized spacial score (nSPS) is 17.1. The van der Waals surface area contributed by atoms with Crippen molar-refractivity contribution in [3.05, 3.63) is 29.8 Å². The van der Waals surface area contributed by atoms with Crippen LogP contribution >= 0.6 is 0 Å². The number of guanidine groups is 1. The summed E-state index contributed by atoms with van der Waals surface area (Å²) in [5, 5.41) is 6.80. The lowest BCUT2D eigenvalue weighted by molar-refractivity contribution is -0.133. The Morgan fingerprint density at radius 1 is 1.24 bits per heavy atom. The Morgan fingerprint density at radius 2 is 1.97 bits per heavy atom. The first-order valence-corrected chi connectivity index (χ1v) is 10.9. The number of benzene rings is 1. The van der Waals surface area contributed by atoms with Crippen molar-refractivity contribution < 1.29 is 9.53 Å². The van der Waals surface area contributed by atoms with E-state index in [0.29, 0.717) is 12.5 Å². The van der Waals surface area contributed by atoms with Crippen LogP contribution in [0.4, 0.5) is 0 Å². The molecule has 2 rings (SSSR count). The van der Waals surface area contributed by atoms with Crippen LogP contribution in [-0.4, -0.2) is 55.6 Å². The zero-order valence-corrected chi connectivity index (χ0v) is 18.7. The minimum Gasteiger partial charge on any atom is -0.493 e. The molecule has 1 aromatic rings. The fourth-order valence-corrected chi connectivity index (χ4v) is 3.27. The quantitative estimate of drug-likeness (QED) is 0.492. The van der Waals surface area contributed by atoms with Gasteiger partial charge in [0.05, 0.1) is 6.61 Å². The third kappa shape index (κ3) is 7.95.